The van der Waals surface area contributed by atoms with Crippen LogP contribution in [0, 0.1) is 0 Å². The number of carbonyl (C=O) groups excluding carboxylic acids is 1. The van der Waals surface area contributed by atoms with Gasteiger partial charge in [-0.25, -0.2) is 4.79 Å². The first-order valence-electron chi connectivity index (χ1n) is 7.14. The average molecular weight is 276 g/mol. The lowest BCUT2D eigenvalue weighted by atomic mass is 10.0. The van der Waals surface area contributed by atoms with E-state index in [1.54, 1.807) is 4.90 Å². The Morgan fingerprint density at radius 1 is 1.30 bits per heavy atom. The number of nitrogens with one attached hydrogen (secondary N) is 1. The van der Waals surface area contributed by atoms with Gasteiger partial charge in [-0.05, 0) is 33.3 Å². The zero-order valence-electron chi connectivity index (χ0n) is 12.7. The zero-order valence-corrected chi connectivity index (χ0v) is 12.7. The fourth-order valence-electron chi connectivity index (χ4n) is 2.25. The highest BCUT2D eigenvalue weighted by atomic mass is 16.6. The predicted molar refractivity (Wildman–Crippen MR) is 79.6 cm³/mol. The van der Waals surface area contributed by atoms with Gasteiger partial charge in [0.2, 0.25) is 0 Å². The van der Waals surface area contributed by atoms with Crippen molar-refractivity contribution in [2.24, 2.45) is 0 Å². The molecule has 1 aliphatic rings. The van der Waals surface area contributed by atoms with E-state index in [1.165, 1.54) is 5.56 Å². The topological polar surface area (TPSA) is 41.6 Å². The molecule has 1 N–H and O–H groups in total. The van der Waals surface area contributed by atoms with E-state index in [1.807, 2.05) is 39.0 Å². The Balaban J connectivity index is 1.76. The second kappa shape index (κ2) is 5.83. The van der Waals surface area contributed by atoms with Crippen LogP contribution in [0.25, 0.3) is 0 Å². The van der Waals surface area contributed by atoms with Gasteiger partial charge in [0.1, 0.15) is 5.60 Å². The van der Waals surface area contributed by atoms with Crippen LogP contribution in [0.2, 0.25) is 0 Å². The van der Waals surface area contributed by atoms with Crippen LogP contribution in [0.5, 0.6) is 0 Å². The smallest absolute Gasteiger partial charge is 0.410 e. The summed E-state index contributed by atoms with van der Waals surface area (Å²) in [5.41, 5.74) is 0.843. The molecule has 0 saturated carbocycles. The second-order valence-corrected chi connectivity index (χ2v) is 6.38. The van der Waals surface area contributed by atoms with Crippen molar-refractivity contribution in [3.05, 3.63) is 35.9 Å². The Morgan fingerprint density at radius 2 is 1.90 bits per heavy atom. The lowest BCUT2D eigenvalue weighted by Crippen LogP contribution is -2.60. The van der Waals surface area contributed by atoms with Crippen molar-refractivity contribution >= 4 is 6.09 Å². The summed E-state index contributed by atoms with van der Waals surface area (Å²) in [6.07, 6.45) is -0.220. The van der Waals surface area contributed by atoms with Gasteiger partial charge in [0.25, 0.3) is 0 Å². The summed E-state index contributed by atoms with van der Waals surface area (Å²) in [5, 5.41) is 3.53. The minimum absolute atomic E-state index is 0.220. The predicted octanol–water partition coefficient (Wildman–Crippen LogP) is 2.96. The summed E-state index contributed by atoms with van der Waals surface area (Å²) in [5.74, 6) is 0. The molecule has 0 aliphatic carbocycles. The van der Waals surface area contributed by atoms with Gasteiger partial charge in [0, 0.05) is 25.2 Å². The summed E-state index contributed by atoms with van der Waals surface area (Å²) in [7, 11) is 0. The Bertz CT molecular complexity index is 447. The molecule has 1 atom stereocenters. The number of nitrogens with zero attached hydrogens (tertiary/aromatic N) is 1. The fraction of sp³-hybridized carbons (Fsp3) is 0.562. The van der Waals surface area contributed by atoms with E-state index in [9.17, 15) is 4.79 Å². The molecule has 1 aromatic carbocycles. The molecular formula is C16H24N2O2. The molecule has 0 spiro atoms. The maximum atomic E-state index is 11.8. The molecule has 1 aliphatic heterocycles. The molecular weight excluding hydrogens is 252 g/mol. The van der Waals surface area contributed by atoms with E-state index in [2.05, 4.69) is 24.4 Å². The summed E-state index contributed by atoms with van der Waals surface area (Å²) < 4.78 is 5.34. The minimum Gasteiger partial charge on any atom is -0.444 e. The highest BCUT2D eigenvalue weighted by Gasteiger charge is 2.34. The van der Waals surface area contributed by atoms with Gasteiger partial charge in [-0.15, -0.1) is 0 Å². The first-order valence-corrected chi connectivity index (χ1v) is 7.14. The first-order chi connectivity index (χ1) is 9.35. The van der Waals surface area contributed by atoms with Gasteiger partial charge < -0.3 is 15.0 Å². The third-order valence-electron chi connectivity index (χ3n) is 3.32. The Labute approximate surface area is 121 Å². The maximum absolute atomic E-state index is 11.8. The Morgan fingerprint density at radius 3 is 2.45 bits per heavy atom. The molecule has 20 heavy (non-hydrogen) atoms. The third kappa shape index (κ3) is 3.97. The van der Waals surface area contributed by atoms with Crippen LogP contribution in [0.1, 0.15) is 39.3 Å². The molecule has 1 amide bonds. The van der Waals surface area contributed by atoms with Gasteiger partial charge >= 0.3 is 6.09 Å². The fourth-order valence-corrected chi connectivity index (χ4v) is 2.25. The van der Waals surface area contributed by atoms with Crippen LogP contribution < -0.4 is 5.32 Å². The lowest BCUT2D eigenvalue weighted by Gasteiger charge is -2.41. The van der Waals surface area contributed by atoms with Crippen molar-refractivity contribution < 1.29 is 9.53 Å². The molecule has 1 heterocycles. The largest absolute Gasteiger partial charge is 0.444 e. The Hall–Kier alpha value is -1.55. The van der Waals surface area contributed by atoms with Crippen LogP contribution >= 0.6 is 0 Å². The lowest BCUT2D eigenvalue weighted by molar-refractivity contribution is 0.00434. The molecule has 1 saturated heterocycles. The standard InChI is InChI=1S/C16H24N2O2/c1-12(13-8-6-5-7-9-13)17-14-10-18(11-14)15(19)20-16(2,3)4/h5-9,12,14,17H,10-11H2,1-4H3/t12-/m0/s1. The zero-order chi connectivity index (χ0) is 14.8. The van der Waals surface area contributed by atoms with E-state index in [4.69, 9.17) is 4.74 Å². The van der Waals surface area contributed by atoms with Crippen molar-refractivity contribution in [1.29, 1.82) is 0 Å². The molecule has 0 radical (unpaired) electrons. The van der Waals surface area contributed by atoms with Gasteiger partial charge in [0.05, 0.1) is 0 Å². The quantitative estimate of drug-likeness (QED) is 0.923. The highest BCUT2D eigenvalue weighted by molar-refractivity contribution is 5.69. The van der Waals surface area contributed by atoms with E-state index < -0.39 is 5.60 Å². The normalized spacial score (nSPS) is 17.5. The highest BCUT2D eigenvalue weighted by Crippen LogP contribution is 2.18. The van der Waals surface area contributed by atoms with E-state index >= 15 is 0 Å². The number of carbonyl (C=O) groups is 1. The summed E-state index contributed by atoms with van der Waals surface area (Å²) in [6, 6.07) is 11.0. The molecule has 0 bridgehead atoms. The average Bonchev–Trinajstić information content (AvgIpc) is 2.31. The number of ether oxygens (including phenoxy) is 1. The van der Waals surface area contributed by atoms with Crippen LogP contribution in [0.15, 0.2) is 30.3 Å². The number of amides is 1. The number of likely N-dealkylation sites (tertiary alicyclic amines) is 1. The summed E-state index contributed by atoms with van der Waals surface area (Å²) in [4.78, 5) is 13.6. The SMILES string of the molecule is C[C@H](NC1CN(C(=O)OC(C)(C)C)C1)c1ccccc1. The molecule has 2 rings (SSSR count). The molecule has 0 aromatic heterocycles. The Kier molecular flexibility index (Phi) is 4.33. The number of rotatable bonds is 3. The number of benzene rings is 1. The summed E-state index contributed by atoms with van der Waals surface area (Å²) in [6.45, 7) is 9.23. The van der Waals surface area contributed by atoms with Gasteiger partial charge in [-0.1, -0.05) is 30.3 Å². The molecule has 0 unspecified atom stereocenters. The van der Waals surface area contributed by atoms with E-state index in [0.29, 0.717) is 25.2 Å². The first kappa shape index (κ1) is 14.9. The summed E-state index contributed by atoms with van der Waals surface area (Å²) >= 11 is 0. The molecule has 1 aromatic rings. The van der Waals surface area contributed by atoms with Crippen molar-refractivity contribution in [3.63, 3.8) is 0 Å². The van der Waals surface area contributed by atoms with Crippen molar-refractivity contribution in [3.8, 4) is 0 Å². The van der Waals surface area contributed by atoms with Crippen molar-refractivity contribution in [2.75, 3.05) is 13.1 Å². The number of hydrogen-bond acceptors (Lipinski definition) is 3. The minimum atomic E-state index is -0.424. The second-order valence-electron chi connectivity index (χ2n) is 6.38. The van der Waals surface area contributed by atoms with Crippen LogP contribution in [-0.2, 0) is 4.74 Å². The van der Waals surface area contributed by atoms with Crippen LogP contribution in [-0.4, -0.2) is 35.7 Å². The van der Waals surface area contributed by atoms with E-state index in [-0.39, 0.29) is 6.09 Å². The molecule has 4 nitrogen and oxygen atoms in total. The molecule has 110 valence electrons. The number of hydrogen-bond donors (Lipinski definition) is 1. The van der Waals surface area contributed by atoms with Gasteiger partial charge in [0.15, 0.2) is 0 Å². The van der Waals surface area contributed by atoms with Gasteiger partial charge in [-0.3, -0.25) is 0 Å². The van der Waals surface area contributed by atoms with E-state index in [0.717, 1.165) is 0 Å². The van der Waals surface area contributed by atoms with Crippen molar-refractivity contribution in [1.82, 2.24) is 10.2 Å². The maximum Gasteiger partial charge on any atom is 0.410 e. The molecule has 4 heteroatoms. The third-order valence-corrected chi connectivity index (χ3v) is 3.32. The van der Waals surface area contributed by atoms with Crippen molar-refractivity contribution in [2.45, 2.75) is 45.4 Å². The van der Waals surface area contributed by atoms with Crippen LogP contribution in [0.3, 0.4) is 0 Å². The van der Waals surface area contributed by atoms with Crippen LogP contribution in [0.4, 0.5) is 4.79 Å². The van der Waals surface area contributed by atoms with Gasteiger partial charge in [-0.2, -0.15) is 0 Å². The monoisotopic (exact) mass is 276 g/mol. The molecule has 1 fully saturated rings.